The van der Waals surface area contributed by atoms with Crippen LogP contribution in [-0.4, -0.2) is 70.3 Å². The summed E-state index contributed by atoms with van der Waals surface area (Å²) < 4.78 is 15.9. The zero-order chi connectivity index (χ0) is 34.9. The summed E-state index contributed by atoms with van der Waals surface area (Å²) in [6.45, 7) is 5.34. The van der Waals surface area contributed by atoms with Crippen molar-refractivity contribution in [2.45, 2.75) is 58.5 Å². The van der Waals surface area contributed by atoms with E-state index in [9.17, 15) is 28.4 Å². The highest BCUT2D eigenvalue weighted by Gasteiger charge is 2.26. The fourth-order valence-corrected chi connectivity index (χ4v) is 6.01. The number of hydrogen-bond acceptors (Lipinski definition) is 5. The molecule has 258 valence electrons. The fourth-order valence-electron chi connectivity index (χ4n) is 6.01. The molecule has 4 aromatic rings. The summed E-state index contributed by atoms with van der Waals surface area (Å²) in [5.74, 6) is -1.62. The van der Waals surface area contributed by atoms with Gasteiger partial charge < -0.3 is 25.8 Å². The molecule has 0 unspecified atom stereocenters. The molecular weight excluding hydrogens is 627 g/mol. The van der Waals surface area contributed by atoms with E-state index in [1.807, 2.05) is 13.8 Å². The molecule has 0 radical (unpaired) electrons. The molecule has 5 rings (SSSR count). The summed E-state index contributed by atoms with van der Waals surface area (Å²) in [5, 5.41) is 8.69. The molecule has 3 aromatic carbocycles. The highest BCUT2D eigenvalue weighted by Crippen LogP contribution is 2.23. The molecule has 0 aliphatic carbocycles. The number of carbonyl (C=O) groups is 4. The van der Waals surface area contributed by atoms with Gasteiger partial charge >= 0.3 is 5.69 Å². The Bertz CT molecular complexity index is 1870. The van der Waals surface area contributed by atoms with Crippen molar-refractivity contribution in [1.82, 2.24) is 30.4 Å². The molecule has 2 atom stereocenters. The van der Waals surface area contributed by atoms with Crippen LogP contribution in [0.25, 0.3) is 22.2 Å². The first-order valence-electron chi connectivity index (χ1n) is 16.9. The van der Waals surface area contributed by atoms with E-state index in [0.29, 0.717) is 78.6 Å². The van der Waals surface area contributed by atoms with Crippen LogP contribution in [0.3, 0.4) is 0 Å². The molecule has 49 heavy (non-hydrogen) atoms. The molecule has 0 saturated heterocycles. The number of hydrogen-bond donors (Lipinski definition) is 4. The summed E-state index contributed by atoms with van der Waals surface area (Å²) in [4.78, 5) is 70.1. The van der Waals surface area contributed by atoms with Crippen LogP contribution in [0.4, 0.5) is 4.39 Å². The molecule has 12 heteroatoms. The van der Waals surface area contributed by atoms with Gasteiger partial charge in [-0.2, -0.15) is 0 Å². The molecule has 2 heterocycles. The number of carbonyl (C=O) groups excluding carboxylic acids is 4. The fraction of sp³-hybridized carbons (Fsp3) is 0.378. The second kappa shape index (κ2) is 16.2. The highest BCUT2D eigenvalue weighted by molar-refractivity contribution is 5.97. The SMILES string of the molecule is CC[C@H](C)[C@@H]1NC(=O)CCCN(C(=O)c2ccc(-c3ccccc3F)cc2)CCCNC(=O)c2ccc3[nH]c(=O)n(c3c2)CCCNC1=O. The van der Waals surface area contributed by atoms with Crippen LogP contribution < -0.4 is 21.6 Å². The summed E-state index contributed by atoms with van der Waals surface area (Å²) in [6, 6.07) is 17.4. The number of amides is 4. The summed E-state index contributed by atoms with van der Waals surface area (Å²) in [6.07, 6.45) is 2.06. The van der Waals surface area contributed by atoms with E-state index in [4.69, 9.17) is 0 Å². The number of nitrogens with one attached hydrogen (secondary N) is 4. The third-order valence-electron chi connectivity index (χ3n) is 9.03. The number of imidazole rings is 1. The lowest BCUT2D eigenvalue weighted by atomic mass is 9.98. The quantitative estimate of drug-likeness (QED) is 0.257. The maximum absolute atomic E-state index is 14.3. The van der Waals surface area contributed by atoms with Crippen LogP contribution >= 0.6 is 0 Å². The minimum Gasteiger partial charge on any atom is -0.354 e. The number of aryl methyl sites for hydroxylation is 1. The number of aromatic amines is 1. The van der Waals surface area contributed by atoms with Crippen LogP contribution in [0, 0.1) is 11.7 Å². The number of halogens is 1. The average Bonchev–Trinajstić information content (AvgIpc) is 3.42. The maximum Gasteiger partial charge on any atom is 0.326 e. The Kier molecular flexibility index (Phi) is 11.6. The van der Waals surface area contributed by atoms with Gasteiger partial charge in [0.2, 0.25) is 11.8 Å². The minimum atomic E-state index is -0.729. The predicted octanol–water partition coefficient (Wildman–Crippen LogP) is 4.23. The number of H-pyrrole nitrogens is 1. The summed E-state index contributed by atoms with van der Waals surface area (Å²) >= 11 is 0. The van der Waals surface area contributed by atoms with Crippen molar-refractivity contribution >= 4 is 34.7 Å². The van der Waals surface area contributed by atoms with Gasteiger partial charge in [-0.15, -0.1) is 0 Å². The first kappa shape index (κ1) is 35.1. The van der Waals surface area contributed by atoms with E-state index in [1.54, 1.807) is 70.1 Å². The van der Waals surface area contributed by atoms with Crippen molar-refractivity contribution in [1.29, 1.82) is 0 Å². The van der Waals surface area contributed by atoms with E-state index >= 15 is 0 Å². The molecular formula is C37H43FN6O5. The molecule has 1 aliphatic rings. The van der Waals surface area contributed by atoms with Crippen molar-refractivity contribution in [3.05, 3.63) is 94.2 Å². The van der Waals surface area contributed by atoms with Gasteiger partial charge in [0.1, 0.15) is 11.9 Å². The van der Waals surface area contributed by atoms with E-state index < -0.39 is 6.04 Å². The van der Waals surface area contributed by atoms with E-state index in [1.165, 1.54) is 6.07 Å². The summed E-state index contributed by atoms with van der Waals surface area (Å²) in [5.41, 5.74) is 2.75. The van der Waals surface area contributed by atoms with Gasteiger partial charge in [0.25, 0.3) is 11.8 Å². The predicted molar refractivity (Wildman–Crippen MR) is 185 cm³/mol. The van der Waals surface area contributed by atoms with E-state index in [0.717, 1.165) is 0 Å². The van der Waals surface area contributed by atoms with Gasteiger partial charge in [-0.25, -0.2) is 9.18 Å². The maximum atomic E-state index is 14.3. The van der Waals surface area contributed by atoms with Crippen LogP contribution in [0.2, 0.25) is 0 Å². The molecule has 0 saturated carbocycles. The molecule has 4 N–H and O–H groups in total. The topological polar surface area (TPSA) is 145 Å². The average molecular weight is 671 g/mol. The Morgan fingerprint density at radius 1 is 0.878 bits per heavy atom. The van der Waals surface area contributed by atoms with Crippen molar-refractivity contribution in [2.24, 2.45) is 5.92 Å². The number of benzene rings is 3. The Balaban J connectivity index is 1.35. The van der Waals surface area contributed by atoms with Gasteiger partial charge in [0.05, 0.1) is 11.0 Å². The van der Waals surface area contributed by atoms with Gasteiger partial charge in [0, 0.05) is 55.8 Å². The highest BCUT2D eigenvalue weighted by atomic mass is 19.1. The molecule has 1 aliphatic heterocycles. The zero-order valence-corrected chi connectivity index (χ0v) is 27.9. The first-order chi connectivity index (χ1) is 23.7. The van der Waals surface area contributed by atoms with E-state index in [2.05, 4.69) is 20.9 Å². The van der Waals surface area contributed by atoms with Crippen molar-refractivity contribution in [3.8, 4) is 11.1 Å². The number of rotatable bonds is 4. The van der Waals surface area contributed by atoms with Crippen LogP contribution in [0.15, 0.2) is 71.5 Å². The number of fused-ring (bicyclic) bond motifs is 1. The Hall–Kier alpha value is -5.26. The minimum absolute atomic E-state index is 0.106. The van der Waals surface area contributed by atoms with Gasteiger partial charge in [0.15, 0.2) is 0 Å². The first-order valence-corrected chi connectivity index (χ1v) is 16.9. The van der Waals surface area contributed by atoms with Crippen LogP contribution in [-0.2, 0) is 16.1 Å². The van der Waals surface area contributed by atoms with Crippen molar-refractivity contribution < 1.29 is 23.6 Å². The van der Waals surface area contributed by atoms with E-state index in [-0.39, 0.29) is 60.6 Å². The smallest absolute Gasteiger partial charge is 0.326 e. The number of nitrogens with zero attached hydrogens (tertiary/aromatic N) is 2. The lowest BCUT2D eigenvalue weighted by molar-refractivity contribution is -0.130. The Morgan fingerprint density at radius 2 is 1.57 bits per heavy atom. The molecule has 4 amide bonds. The Morgan fingerprint density at radius 3 is 2.33 bits per heavy atom. The second-order valence-electron chi connectivity index (χ2n) is 12.5. The molecule has 0 spiro atoms. The summed E-state index contributed by atoms with van der Waals surface area (Å²) in [7, 11) is 0. The van der Waals surface area contributed by atoms with Gasteiger partial charge in [-0.1, -0.05) is 50.6 Å². The van der Waals surface area contributed by atoms with Gasteiger partial charge in [-0.05, 0) is 67.1 Å². The normalized spacial score (nSPS) is 17.9. The standard InChI is InChI=1S/C37H43FN6O5/c1-3-24(2)33-35(47)40-19-8-22-44-31-23-27(16-17-30(31)41-37(44)49)34(46)39-18-7-21-43(20-6-11-32(45)42-33)36(48)26-14-12-25(13-15-26)28-9-4-5-10-29(28)38/h4-5,9-10,12-17,23-24,33H,3,6-8,11,18-22H2,1-2H3,(H,39,46)(H,40,47)(H,41,49)(H,42,45)/t24-,33-/m0/s1. The number of aromatic nitrogens is 2. The van der Waals surface area contributed by atoms with Crippen LogP contribution in [0.5, 0.6) is 0 Å². The van der Waals surface area contributed by atoms with Crippen molar-refractivity contribution in [3.63, 3.8) is 0 Å². The molecule has 0 fully saturated rings. The third-order valence-corrected chi connectivity index (χ3v) is 9.03. The van der Waals surface area contributed by atoms with Crippen LogP contribution in [0.1, 0.15) is 66.7 Å². The largest absolute Gasteiger partial charge is 0.354 e. The Labute approximate surface area is 284 Å². The molecule has 11 nitrogen and oxygen atoms in total. The zero-order valence-electron chi connectivity index (χ0n) is 27.9. The molecule has 1 aromatic heterocycles. The van der Waals surface area contributed by atoms with Gasteiger partial charge in [-0.3, -0.25) is 23.7 Å². The molecule has 2 bridgehead atoms. The monoisotopic (exact) mass is 670 g/mol. The van der Waals surface area contributed by atoms with Crippen molar-refractivity contribution in [2.75, 3.05) is 26.2 Å². The lowest BCUT2D eigenvalue weighted by Crippen LogP contribution is -2.50. The second-order valence-corrected chi connectivity index (χ2v) is 12.5. The third kappa shape index (κ3) is 8.62. The lowest BCUT2D eigenvalue weighted by Gasteiger charge is -2.25.